The van der Waals surface area contributed by atoms with Crippen LogP contribution in [-0.4, -0.2) is 26.2 Å². The summed E-state index contributed by atoms with van der Waals surface area (Å²) in [6.45, 7) is 2.15. The van der Waals surface area contributed by atoms with Crippen LogP contribution in [0, 0.1) is 0 Å². The number of hydrogen-bond acceptors (Lipinski definition) is 3. The second-order valence-corrected chi connectivity index (χ2v) is 6.34. The summed E-state index contributed by atoms with van der Waals surface area (Å²) in [6.07, 6.45) is 7.48. The zero-order valence-electron chi connectivity index (χ0n) is 9.79. The van der Waals surface area contributed by atoms with Crippen LogP contribution in [0.5, 0.6) is 0 Å². The Balaban J connectivity index is 3.42. The second-order valence-electron chi connectivity index (χ2n) is 4.08. The highest BCUT2D eigenvalue weighted by Gasteiger charge is 2.07. The molecule has 0 aromatic carbocycles. The van der Waals surface area contributed by atoms with Gasteiger partial charge in [-0.3, -0.25) is 4.79 Å². The Labute approximate surface area is 93.2 Å². The molecule has 0 aliphatic heterocycles. The molecule has 15 heavy (non-hydrogen) atoms. The summed E-state index contributed by atoms with van der Waals surface area (Å²) in [4.78, 5) is 11.3. The summed E-state index contributed by atoms with van der Waals surface area (Å²) < 4.78 is 21.6. The maximum absolute atomic E-state index is 11.3. The minimum atomic E-state index is -2.98. The van der Waals surface area contributed by atoms with E-state index >= 15 is 0 Å². The smallest absolute Gasteiger partial charge is 0.147 e. The molecule has 0 rings (SSSR count). The van der Waals surface area contributed by atoms with Crippen molar-refractivity contribution in [3.8, 4) is 0 Å². The maximum Gasteiger partial charge on any atom is 0.147 e. The topological polar surface area (TPSA) is 51.2 Å². The van der Waals surface area contributed by atoms with Crippen molar-refractivity contribution in [2.45, 2.75) is 51.9 Å². The fourth-order valence-electron chi connectivity index (χ4n) is 1.35. The van der Waals surface area contributed by atoms with Gasteiger partial charge >= 0.3 is 0 Å². The number of rotatable bonds is 9. The standard InChI is InChI=1S/C11H22O3S/c1-3-4-5-6-7-8-11(12)9-10-15(2,13)14/h3-10H2,1-2H3. The van der Waals surface area contributed by atoms with Gasteiger partial charge in [0.1, 0.15) is 15.6 Å². The zero-order chi connectivity index (χ0) is 11.7. The van der Waals surface area contributed by atoms with Crippen LogP contribution >= 0.6 is 0 Å². The van der Waals surface area contributed by atoms with E-state index in [2.05, 4.69) is 6.92 Å². The summed E-state index contributed by atoms with van der Waals surface area (Å²) >= 11 is 0. The molecule has 0 heterocycles. The van der Waals surface area contributed by atoms with Gasteiger partial charge in [-0.1, -0.05) is 32.6 Å². The van der Waals surface area contributed by atoms with E-state index in [0.717, 1.165) is 12.8 Å². The van der Waals surface area contributed by atoms with Crippen molar-refractivity contribution in [1.82, 2.24) is 0 Å². The van der Waals surface area contributed by atoms with Crippen molar-refractivity contribution < 1.29 is 13.2 Å². The number of carbonyl (C=O) groups excluding carboxylic acids is 1. The van der Waals surface area contributed by atoms with Crippen molar-refractivity contribution in [2.24, 2.45) is 0 Å². The number of Topliss-reactive ketones (excluding diaryl/α,β-unsaturated/α-hetero) is 1. The van der Waals surface area contributed by atoms with Crippen LogP contribution in [-0.2, 0) is 14.6 Å². The van der Waals surface area contributed by atoms with Gasteiger partial charge in [-0.25, -0.2) is 8.42 Å². The van der Waals surface area contributed by atoms with Crippen LogP contribution in [0.25, 0.3) is 0 Å². The third-order valence-electron chi connectivity index (χ3n) is 2.31. The lowest BCUT2D eigenvalue weighted by Crippen LogP contribution is -2.09. The first-order chi connectivity index (χ1) is 6.95. The van der Waals surface area contributed by atoms with E-state index in [1.54, 1.807) is 0 Å². The van der Waals surface area contributed by atoms with E-state index in [-0.39, 0.29) is 18.0 Å². The molecule has 90 valence electrons. The third kappa shape index (κ3) is 11.5. The molecule has 0 aliphatic rings. The number of unbranched alkanes of at least 4 members (excludes halogenated alkanes) is 4. The molecule has 0 aliphatic carbocycles. The average Bonchev–Trinajstić information content (AvgIpc) is 2.13. The van der Waals surface area contributed by atoms with Crippen molar-refractivity contribution in [3.63, 3.8) is 0 Å². The van der Waals surface area contributed by atoms with Gasteiger partial charge in [-0.15, -0.1) is 0 Å². The van der Waals surface area contributed by atoms with Gasteiger partial charge in [0, 0.05) is 19.1 Å². The van der Waals surface area contributed by atoms with Gasteiger partial charge in [-0.05, 0) is 6.42 Å². The Morgan fingerprint density at radius 2 is 1.60 bits per heavy atom. The molecule has 0 amide bonds. The normalized spacial score (nSPS) is 11.6. The summed E-state index contributed by atoms with van der Waals surface area (Å²) in [5.41, 5.74) is 0. The first kappa shape index (κ1) is 14.6. The monoisotopic (exact) mass is 234 g/mol. The highest BCUT2D eigenvalue weighted by molar-refractivity contribution is 7.90. The molecule has 0 unspecified atom stereocenters. The van der Waals surface area contributed by atoms with Gasteiger partial charge in [0.25, 0.3) is 0 Å². The van der Waals surface area contributed by atoms with E-state index in [0.29, 0.717) is 6.42 Å². The SMILES string of the molecule is CCCCCCCC(=O)CCS(C)(=O)=O. The number of sulfone groups is 1. The number of carbonyl (C=O) groups is 1. The first-order valence-electron chi connectivity index (χ1n) is 5.65. The largest absolute Gasteiger partial charge is 0.300 e. The summed E-state index contributed by atoms with van der Waals surface area (Å²) in [6, 6.07) is 0. The maximum atomic E-state index is 11.3. The fraction of sp³-hybridized carbons (Fsp3) is 0.909. The van der Waals surface area contributed by atoms with Gasteiger partial charge in [0.2, 0.25) is 0 Å². The Hall–Kier alpha value is -0.380. The average molecular weight is 234 g/mol. The first-order valence-corrected chi connectivity index (χ1v) is 7.71. The van der Waals surface area contributed by atoms with Crippen LogP contribution in [0.2, 0.25) is 0 Å². The molecule has 0 saturated carbocycles. The predicted octanol–water partition coefficient (Wildman–Crippen LogP) is 2.35. The van der Waals surface area contributed by atoms with Crippen molar-refractivity contribution in [1.29, 1.82) is 0 Å². The molecule has 0 atom stereocenters. The molecule has 0 aromatic rings. The van der Waals surface area contributed by atoms with Crippen molar-refractivity contribution >= 4 is 15.6 Å². The molecule has 0 saturated heterocycles. The van der Waals surface area contributed by atoms with E-state index in [1.165, 1.54) is 25.5 Å². The second kappa shape index (κ2) is 7.85. The molecule has 0 radical (unpaired) electrons. The highest BCUT2D eigenvalue weighted by Crippen LogP contribution is 2.06. The molecule has 0 bridgehead atoms. The Kier molecular flexibility index (Phi) is 7.65. The molecule has 0 aromatic heterocycles. The van der Waals surface area contributed by atoms with E-state index in [1.807, 2.05) is 0 Å². The lowest BCUT2D eigenvalue weighted by molar-refractivity contribution is -0.118. The van der Waals surface area contributed by atoms with E-state index < -0.39 is 9.84 Å². The fourth-order valence-corrected chi connectivity index (χ4v) is 1.95. The molecule has 0 fully saturated rings. The molecule has 3 nitrogen and oxygen atoms in total. The Bertz CT molecular complexity index is 268. The lowest BCUT2D eigenvalue weighted by Gasteiger charge is -2.00. The molecular formula is C11H22O3S. The van der Waals surface area contributed by atoms with Crippen molar-refractivity contribution in [2.75, 3.05) is 12.0 Å². The minimum Gasteiger partial charge on any atom is -0.300 e. The van der Waals surface area contributed by atoms with Crippen LogP contribution in [0.4, 0.5) is 0 Å². The lowest BCUT2D eigenvalue weighted by atomic mass is 10.1. The quantitative estimate of drug-likeness (QED) is 0.575. The molecule has 0 N–H and O–H groups in total. The summed E-state index contributed by atoms with van der Waals surface area (Å²) in [7, 11) is -2.98. The summed E-state index contributed by atoms with van der Waals surface area (Å²) in [5, 5.41) is 0. The van der Waals surface area contributed by atoms with Gasteiger partial charge in [0.15, 0.2) is 0 Å². The van der Waals surface area contributed by atoms with E-state index in [9.17, 15) is 13.2 Å². The number of ketones is 1. The van der Waals surface area contributed by atoms with Crippen molar-refractivity contribution in [3.05, 3.63) is 0 Å². The molecular weight excluding hydrogens is 212 g/mol. The molecule has 0 spiro atoms. The van der Waals surface area contributed by atoms with Gasteiger partial charge in [0.05, 0.1) is 5.75 Å². The summed E-state index contributed by atoms with van der Waals surface area (Å²) in [5.74, 6) is 0.0813. The highest BCUT2D eigenvalue weighted by atomic mass is 32.2. The minimum absolute atomic E-state index is 0.000787. The Morgan fingerprint density at radius 1 is 1.00 bits per heavy atom. The molecule has 4 heteroatoms. The number of hydrogen-bond donors (Lipinski definition) is 0. The van der Waals surface area contributed by atoms with Crippen LogP contribution in [0.15, 0.2) is 0 Å². The van der Waals surface area contributed by atoms with Gasteiger partial charge in [-0.2, -0.15) is 0 Å². The predicted molar refractivity (Wildman–Crippen MR) is 62.7 cm³/mol. The van der Waals surface area contributed by atoms with Crippen LogP contribution in [0.3, 0.4) is 0 Å². The zero-order valence-corrected chi connectivity index (χ0v) is 10.6. The third-order valence-corrected chi connectivity index (χ3v) is 3.26. The Morgan fingerprint density at radius 3 is 2.13 bits per heavy atom. The van der Waals surface area contributed by atoms with Crippen LogP contribution < -0.4 is 0 Å². The van der Waals surface area contributed by atoms with Crippen LogP contribution in [0.1, 0.15) is 51.9 Å². The van der Waals surface area contributed by atoms with E-state index in [4.69, 9.17) is 0 Å². The van der Waals surface area contributed by atoms with Gasteiger partial charge < -0.3 is 0 Å².